The number of benzene rings is 1. The highest BCUT2D eigenvalue weighted by molar-refractivity contribution is 7.99. The molecule has 0 aliphatic rings. The fraction of sp³-hybridized carbons (Fsp3) is 0.214. The third-order valence-electron chi connectivity index (χ3n) is 2.73. The van der Waals surface area contributed by atoms with Gasteiger partial charge in [-0.15, -0.1) is 0 Å². The van der Waals surface area contributed by atoms with Crippen LogP contribution in [0.25, 0.3) is 0 Å². The second-order valence-electron chi connectivity index (χ2n) is 4.00. The Bertz CT molecular complexity index is 543. The molecule has 0 amide bonds. The summed E-state index contributed by atoms with van der Waals surface area (Å²) < 4.78 is 0. The second kappa shape index (κ2) is 6.00. The number of aliphatic hydroxyl groups excluding tert-OH is 1. The lowest BCUT2D eigenvalue weighted by atomic mass is 10.1. The van der Waals surface area contributed by atoms with E-state index in [9.17, 15) is 5.11 Å². The quantitative estimate of drug-likeness (QED) is 0.886. The fourth-order valence-electron chi connectivity index (χ4n) is 1.75. The van der Waals surface area contributed by atoms with Crippen LogP contribution in [0.4, 0.5) is 0 Å². The summed E-state index contributed by atoms with van der Waals surface area (Å²) in [5.41, 5.74) is 8.89. The molecule has 94 valence electrons. The summed E-state index contributed by atoms with van der Waals surface area (Å²) in [4.78, 5) is 5.46. The zero-order valence-corrected chi connectivity index (χ0v) is 11.1. The molecule has 1 aromatic carbocycles. The molecule has 18 heavy (non-hydrogen) atoms. The summed E-state index contributed by atoms with van der Waals surface area (Å²) in [5.74, 6) is 0. The van der Waals surface area contributed by atoms with Crippen molar-refractivity contribution in [3.05, 3.63) is 53.2 Å². The maximum Gasteiger partial charge on any atom is 0.106 e. The number of nitrogens with two attached hydrogens (primary N) is 1. The highest BCUT2D eigenvalue weighted by Crippen LogP contribution is 2.33. The highest BCUT2D eigenvalue weighted by Gasteiger charge is 2.10. The van der Waals surface area contributed by atoms with Gasteiger partial charge in [-0.25, -0.2) is 4.98 Å². The van der Waals surface area contributed by atoms with Crippen molar-refractivity contribution >= 4 is 11.8 Å². The molecule has 0 fully saturated rings. The van der Waals surface area contributed by atoms with Gasteiger partial charge in [0.15, 0.2) is 0 Å². The van der Waals surface area contributed by atoms with Crippen molar-refractivity contribution in [2.24, 2.45) is 5.73 Å². The van der Waals surface area contributed by atoms with Crippen LogP contribution < -0.4 is 5.73 Å². The summed E-state index contributed by atoms with van der Waals surface area (Å²) in [6.07, 6.45) is 1.74. The van der Waals surface area contributed by atoms with Crippen LogP contribution in [0.5, 0.6) is 0 Å². The van der Waals surface area contributed by atoms with Crippen LogP contribution in [-0.2, 0) is 13.2 Å². The van der Waals surface area contributed by atoms with Crippen molar-refractivity contribution in [2.45, 2.75) is 30.0 Å². The number of hydrogen-bond acceptors (Lipinski definition) is 4. The van der Waals surface area contributed by atoms with Crippen molar-refractivity contribution in [3.63, 3.8) is 0 Å². The van der Waals surface area contributed by atoms with Gasteiger partial charge in [-0.05, 0) is 24.1 Å². The topological polar surface area (TPSA) is 59.1 Å². The van der Waals surface area contributed by atoms with E-state index in [1.807, 2.05) is 24.3 Å². The maximum absolute atomic E-state index is 9.31. The van der Waals surface area contributed by atoms with Crippen LogP contribution in [0.1, 0.15) is 16.7 Å². The molecule has 0 spiro atoms. The molecule has 1 aromatic heterocycles. The molecule has 3 nitrogen and oxygen atoms in total. The van der Waals surface area contributed by atoms with E-state index >= 15 is 0 Å². The Morgan fingerprint density at radius 1 is 1.22 bits per heavy atom. The lowest BCUT2D eigenvalue weighted by molar-refractivity contribution is 0.278. The van der Waals surface area contributed by atoms with E-state index in [1.54, 1.807) is 18.0 Å². The molecule has 0 unspecified atom stereocenters. The first-order valence-electron chi connectivity index (χ1n) is 5.77. The first kappa shape index (κ1) is 13.1. The molecule has 0 saturated carbocycles. The molecule has 2 rings (SSSR count). The normalized spacial score (nSPS) is 10.6. The van der Waals surface area contributed by atoms with Crippen molar-refractivity contribution in [2.75, 3.05) is 0 Å². The third-order valence-corrected chi connectivity index (χ3v) is 4.08. The molecule has 0 radical (unpaired) electrons. The van der Waals surface area contributed by atoms with Gasteiger partial charge in [-0.1, -0.05) is 36.0 Å². The molecular formula is C14H16N2OS. The van der Waals surface area contributed by atoms with Gasteiger partial charge < -0.3 is 10.8 Å². The summed E-state index contributed by atoms with van der Waals surface area (Å²) in [6, 6.07) is 9.81. The van der Waals surface area contributed by atoms with E-state index in [-0.39, 0.29) is 6.61 Å². The monoisotopic (exact) mass is 260 g/mol. The molecule has 0 atom stereocenters. The van der Waals surface area contributed by atoms with Crippen LogP contribution in [-0.4, -0.2) is 10.1 Å². The largest absolute Gasteiger partial charge is 0.392 e. The van der Waals surface area contributed by atoms with Gasteiger partial charge in [0, 0.05) is 23.2 Å². The number of nitrogens with zero attached hydrogens (tertiary/aromatic N) is 1. The van der Waals surface area contributed by atoms with E-state index in [0.717, 1.165) is 21.0 Å². The highest BCUT2D eigenvalue weighted by atomic mass is 32.2. The SMILES string of the molecule is Cc1cccc(CN)c1Sc1ncccc1CO. The fourth-order valence-corrected chi connectivity index (χ4v) is 2.84. The van der Waals surface area contributed by atoms with Crippen molar-refractivity contribution in [1.82, 2.24) is 4.98 Å². The average molecular weight is 260 g/mol. The number of aliphatic hydroxyl groups is 1. The van der Waals surface area contributed by atoms with Crippen LogP contribution in [0.3, 0.4) is 0 Å². The van der Waals surface area contributed by atoms with Crippen molar-refractivity contribution in [3.8, 4) is 0 Å². The molecule has 0 saturated heterocycles. The lowest BCUT2D eigenvalue weighted by Crippen LogP contribution is -2.00. The van der Waals surface area contributed by atoms with Gasteiger partial charge in [0.25, 0.3) is 0 Å². The van der Waals surface area contributed by atoms with Gasteiger partial charge >= 0.3 is 0 Å². The summed E-state index contributed by atoms with van der Waals surface area (Å²) in [7, 11) is 0. The molecule has 4 heteroatoms. The second-order valence-corrected chi connectivity index (χ2v) is 4.99. The Morgan fingerprint density at radius 3 is 2.72 bits per heavy atom. The number of rotatable bonds is 4. The van der Waals surface area contributed by atoms with Crippen LogP contribution in [0.2, 0.25) is 0 Å². The van der Waals surface area contributed by atoms with Gasteiger partial charge in [0.05, 0.1) is 6.61 Å². The Kier molecular flexibility index (Phi) is 4.36. The number of pyridine rings is 1. The van der Waals surface area contributed by atoms with E-state index in [1.165, 1.54) is 5.56 Å². The van der Waals surface area contributed by atoms with Crippen LogP contribution in [0.15, 0.2) is 46.5 Å². The molecule has 1 heterocycles. The zero-order chi connectivity index (χ0) is 13.0. The molecular weight excluding hydrogens is 244 g/mol. The minimum absolute atomic E-state index is 0.0000128. The van der Waals surface area contributed by atoms with E-state index < -0.39 is 0 Å². The third kappa shape index (κ3) is 2.72. The van der Waals surface area contributed by atoms with Crippen molar-refractivity contribution < 1.29 is 5.11 Å². The summed E-state index contributed by atoms with van der Waals surface area (Å²) >= 11 is 1.57. The zero-order valence-electron chi connectivity index (χ0n) is 10.3. The molecule has 2 aromatic rings. The smallest absolute Gasteiger partial charge is 0.106 e. The Balaban J connectivity index is 2.39. The van der Waals surface area contributed by atoms with Crippen LogP contribution >= 0.6 is 11.8 Å². The Morgan fingerprint density at radius 2 is 2.00 bits per heavy atom. The summed E-state index contributed by atoms with van der Waals surface area (Å²) in [6.45, 7) is 2.56. The standard InChI is InChI=1S/C14H16N2OS/c1-10-4-2-5-11(8-15)13(10)18-14-12(9-17)6-3-7-16-14/h2-7,17H,8-9,15H2,1H3. The van der Waals surface area contributed by atoms with Gasteiger partial charge in [0.1, 0.15) is 5.03 Å². The maximum atomic E-state index is 9.31. The molecule has 0 bridgehead atoms. The van der Waals surface area contributed by atoms with E-state index in [0.29, 0.717) is 6.54 Å². The first-order chi connectivity index (χ1) is 8.76. The predicted octanol–water partition coefficient (Wildman–Crippen LogP) is 2.49. The van der Waals surface area contributed by atoms with E-state index in [4.69, 9.17) is 5.73 Å². The van der Waals surface area contributed by atoms with Gasteiger partial charge in [-0.2, -0.15) is 0 Å². The number of hydrogen-bond donors (Lipinski definition) is 2. The van der Waals surface area contributed by atoms with Gasteiger partial charge in [0.2, 0.25) is 0 Å². The first-order valence-corrected chi connectivity index (χ1v) is 6.59. The minimum Gasteiger partial charge on any atom is -0.392 e. The number of aromatic nitrogens is 1. The number of aryl methyl sites for hydroxylation is 1. The average Bonchev–Trinajstić information content (AvgIpc) is 2.41. The minimum atomic E-state index is 0.0000128. The van der Waals surface area contributed by atoms with Crippen molar-refractivity contribution in [1.29, 1.82) is 0 Å². The van der Waals surface area contributed by atoms with Crippen LogP contribution in [0, 0.1) is 6.92 Å². The lowest BCUT2D eigenvalue weighted by Gasteiger charge is -2.11. The molecule has 0 aliphatic heterocycles. The molecule has 0 aliphatic carbocycles. The Labute approximate surface area is 111 Å². The predicted molar refractivity (Wildman–Crippen MR) is 73.4 cm³/mol. The van der Waals surface area contributed by atoms with E-state index in [2.05, 4.69) is 18.0 Å². The van der Waals surface area contributed by atoms with Gasteiger partial charge in [-0.3, -0.25) is 0 Å². The Hall–Kier alpha value is -1.36. The molecule has 3 N–H and O–H groups in total. The summed E-state index contributed by atoms with van der Waals surface area (Å²) in [5, 5.41) is 10.2.